The molecule has 3 rings (SSSR count). The molecule has 7 nitrogen and oxygen atoms in total. The van der Waals surface area contributed by atoms with Gasteiger partial charge in [-0.05, 0) is 43.3 Å². The standard InChI is InChI=1S/C23H19F3N2O5/c1-4-32-22(31)19-20(16-6-5-7-18(12-16)28(13(2)29)14(3)30)33-21(27-19)15-8-10-17(11-9-15)23(24,25)26/h5-12H,4H2,1-3H3. The van der Waals surface area contributed by atoms with E-state index in [0.717, 1.165) is 17.0 Å². The maximum absolute atomic E-state index is 12.9. The molecule has 172 valence electrons. The molecule has 0 radical (unpaired) electrons. The molecule has 2 amide bonds. The molecule has 1 heterocycles. The van der Waals surface area contributed by atoms with Gasteiger partial charge >= 0.3 is 12.1 Å². The lowest BCUT2D eigenvalue weighted by Crippen LogP contribution is -2.32. The molecule has 0 spiro atoms. The maximum Gasteiger partial charge on any atom is 0.416 e. The predicted octanol–water partition coefficient (Wildman–Crippen LogP) is 5.10. The topological polar surface area (TPSA) is 89.7 Å². The lowest BCUT2D eigenvalue weighted by molar-refractivity contribution is -0.137. The number of ether oxygens (including phenoxy) is 1. The van der Waals surface area contributed by atoms with Gasteiger partial charge in [-0.3, -0.25) is 14.5 Å². The summed E-state index contributed by atoms with van der Waals surface area (Å²) in [6, 6.07) is 10.2. The van der Waals surface area contributed by atoms with Crippen molar-refractivity contribution in [2.24, 2.45) is 0 Å². The Balaban J connectivity index is 2.11. The van der Waals surface area contributed by atoms with Crippen LogP contribution in [-0.4, -0.2) is 29.4 Å². The highest BCUT2D eigenvalue weighted by Gasteiger charge is 2.30. The summed E-state index contributed by atoms with van der Waals surface area (Å²) < 4.78 is 49.4. The molecule has 0 aliphatic heterocycles. The Kier molecular flexibility index (Phi) is 6.66. The van der Waals surface area contributed by atoms with E-state index in [1.165, 1.54) is 38.1 Å². The first kappa shape index (κ1) is 23.7. The molecule has 2 aromatic carbocycles. The van der Waals surface area contributed by atoms with Crippen LogP contribution >= 0.6 is 0 Å². The van der Waals surface area contributed by atoms with Crippen molar-refractivity contribution in [3.05, 3.63) is 59.8 Å². The Morgan fingerprint density at radius 3 is 2.18 bits per heavy atom. The quantitative estimate of drug-likeness (QED) is 0.492. The maximum atomic E-state index is 12.9. The minimum absolute atomic E-state index is 0.0164. The minimum atomic E-state index is -4.50. The van der Waals surface area contributed by atoms with Crippen LogP contribution in [0, 0.1) is 0 Å². The van der Waals surface area contributed by atoms with E-state index in [1.54, 1.807) is 19.1 Å². The molecule has 0 saturated heterocycles. The second kappa shape index (κ2) is 9.27. The fourth-order valence-corrected chi connectivity index (χ4v) is 3.15. The van der Waals surface area contributed by atoms with E-state index in [2.05, 4.69) is 4.98 Å². The zero-order valence-electron chi connectivity index (χ0n) is 17.9. The number of oxazole rings is 1. The monoisotopic (exact) mass is 460 g/mol. The number of amides is 2. The van der Waals surface area contributed by atoms with Crippen LogP contribution in [0.25, 0.3) is 22.8 Å². The molecule has 3 aromatic rings. The number of nitrogens with zero attached hydrogens (tertiary/aromatic N) is 2. The molecule has 0 saturated carbocycles. The fourth-order valence-electron chi connectivity index (χ4n) is 3.15. The summed E-state index contributed by atoms with van der Waals surface area (Å²) in [6.45, 7) is 4.13. The third kappa shape index (κ3) is 5.11. The third-order valence-corrected chi connectivity index (χ3v) is 4.55. The number of carbonyl (C=O) groups is 3. The zero-order valence-corrected chi connectivity index (χ0v) is 17.9. The van der Waals surface area contributed by atoms with Gasteiger partial charge in [0.15, 0.2) is 11.5 Å². The highest BCUT2D eigenvalue weighted by molar-refractivity contribution is 6.13. The summed E-state index contributed by atoms with van der Waals surface area (Å²) in [6.07, 6.45) is -4.50. The Bertz CT molecular complexity index is 1190. The summed E-state index contributed by atoms with van der Waals surface area (Å²) in [5, 5.41) is 0. The lowest BCUT2D eigenvalue weighted by Gasteiger charge is -2.17. The van der Waals surface area contributed by atoms with Gasteiger partial charge in [-0.15, -0.1) is 0 Å². The van der Waals surface area contributed by atoms with Crippen LogP contribution < -0.4 is 4.90 Å². The van der Waals surface area contributed by atoms with Gasteiger partial charge in [0.2, 0.25) is 17.7 Å². The van der Waals surface area contributed by atoms with Gasteiger partial charge in [-0.25, -0.2) is 9.78 Å². The number of esters is 1. The van der Waals surface area contributed by atoms with Crippen molar-refractivity contribution in [1.82, 2.24) is 4.98 Å². The molecule has 10 heteroatoms. The largest absolute Gasteiger partial charge is 0.461 e. The van der Waals surface area contributed by atoms with E-state index in [4.69, 9.17) is 9.15 Å². The molecule has 0 fully saturated rings. The summed E-state index contributed by atoms with van der Waals surface area (Å²) in [5.74, 6) is -1.92. The van der Waals surface area contributed by atoms with Gasteiger partial charge < -0.3 is 9.15 Å². The summed E-state index contributed by atoms with van der Waals surface area (Å²) >= 11 is 0. The Morgan fingerprint density at radius 1 is 1.00 bits per heavy atom. The SMILES string of the molecule is CCOC(=O)c1nc(-c2ccc(C(F)(F)F)cc2)oc1-c1cccc(N(C(C)=O)C(C)=O)c1. The van der Waals surface area contributed by atoms with Gasteiger partial charge in [0.1, 0.15) is 0 Å². The number of imide groups is 1. The van der Waals surface area contributed by atoms with E-state index in [-0.39, 0.29) is 35.2 Å². The lowest BCUT2D eigenvalue weighted by atomic mass is 10.1. The third-order valence-electron chi connectivity index (χ3n) is 4.55. The van der Waals surface area contributed by atoms with Gasteiger partial charge in [0.05, 0.1) is 17.9 Å². The first-order valence-corrected chi connectivity index (χ1v) is 9.80. The second-order valence-electron chi connectivity index (χ2n) is 6.92. The normalized spacial score (nSPS) is 11.2. The molecular weight excluding hydrogens is 441 g/mol. The summed E-state index contributed by atoms with van der Waals surface area (Å²) in [7, 11) is 0. The van der Waals surface area contributed by atoms with E-state index in [1.807, 2.05) is 0 Å². The molecule has 0 N–H and O–H groups in total. The number of aromatic nitrogens is 1. The molecule has 0 aliphatic carbocycles. The highest BCUT2D eigenvalue weighted by Crippen LogP contribution is 2.34. The van der Waals surface area contributed by atoms with E-state index >= 15 is 0 Å². The highest BCUT2D eigenvalue weighted by atomic mass is 19.4. The van der Waals surface area contributed by atoms with Gasteiger partial charge in [-0.2, -0.15) is 13.2 Å². The molecule has 0 atom stereocenters. The van der Waals surface area contributed by atoms with Crippen molar-refractivity contribution in [1.29, 1.82) is 0 Å². The van der Waals surface area contributed by atoms with Gasteiger partial charge in [0.25, 0.3) is 0 Å². The van der Waals surface area contributed by atoms with Crippen molar-refractivity contribution in [3.8, 4) is 22.8 Å². The first-order valence-electron chi connectivity index (χ1n) is 9.80. The van der Waals surface area contributed by atoms with Crippen LogP contribution in [0.1, 0.15) is 36.8 Å². The Morgan fingerprint density at radius 2 is 1.64 bits per heavy atom. The first-order chi connectivity index (χ1) is 15.5. The number of halogens is 3. The van der Waals surface area contributed by atoms with Crippen LogP contribution in [0.4, 0.5) is 18.9 Å². The Hall–Kier alpha value is -3.95. The number of hydrogen-bond donors (Lipinski definition) is 0. The smallest absolute Gasteiger partial charge is 0.416 e. The number of carbonyl (C=O) groups excluding carboxylic acids is 3. The van der Waals surface area contributed by atoms with Crippen molar-refractivity contribution in [2.45, 2.75) is 26.9 Å². The molecular formula is C23H19F3N2O5. The number of rotatable bonds is 5. The van der Waals surface area contributed by atoms with Crippen LogP contribution in [0.5, 0.6) is 0 Å². The number of anilines is 1. The number of hydrogen-bond acceptors (Lipinski definition) is 6. The van der Waals surface area contributed by atoms with Crippen LogP contribution in [0.15, 0.2) is 52.9 Å². The van der Waals surface area contributed by atoms with Crippen molar-refractivity contribution < 1.29 is 36.7 Å². The van der Waals surface area contributed by atoms with Crippen molar-refractivity contribution in [2.75, 3.05) is 11.5 Å². The summed E-state index contributed by atoms with van der Waals surface area (Å²) in [5.41, 5.74) is -0.264. The zero-order chi connectivity index (χ0) is 24.3. The van der Waals surface area contributed by atoms with Crippen molar-refractivity contribution >= 4 is 23.5 Å². The molecule has 0 unspecified atom stereocenters. The summed E-state index contributed by atoms with van der Waals surface area (Å²) in [4.78, 5) is 41.4. The van der Waals surface area contributed by atoms with Crippen LogP contribution in [0.3, 0.4) is 0 Å². The average Bonchev–Trinajstić information content (AvgIpc) is 3.19. The van der Waals surface area contributed by atoms with E-state index in [0.29, 0.717) is 5.56 Å². The van der Waals surface area contributed by atoms with Gasteiger partial charge in [-0.1, -0.05) is 12.1 Å². The Labute approximate surface area is 186 Å². The number of benzene rings is 2. The average molecular weight is 460 g/mol. The minimum Gasteiger partial charge on any atom is -0.461 e. The molecule has 1 aromatic heterocycles. The molecule has 0 aliphatic rings. The van der Waals surface area contributed by atoms with E-state index < -0.39 is 29.5 Å². The fraction of sp³-hybridized carbons (Fsp3) is 0.217. The van der Waals surface area contributed by atoms with Crippen LogP contribution in [-0.2, 0) is 20.5 Å². The second-order valence-corrected chi connectivity index (χ2v) is 6.92. The predicted molar refractivity (Wildman–Crippen MR) is 112 cm³/mol. The molecule has 0 bridgehead atoms. The van der Waals surface area contributed by atoms with Crippen LogP contribution in [0.2, 0.25) is 0 Å². The molecule has 33 heavy (non-hydrogen) atoms. The van der Waals surface area contributed by atoms with E-state index in [9.17, 15) is 27.6 Å². The van der Waals surface area contributed by atoms with Gasteiger partial charge in [0, 0.05) is 25.0 Å². The van der Waals surface area contributed by atoms with Crippen molar-refractivity contribution in [3.63, 3.8) is 0 Å². The number of alkyl halides is 3.